The molecule has 0 saturated carbocycles. The van der Waals surface area contributed by atoms with Crippen LogP contribution in [0.5, 0.6) is 0 Å². The van der Waals surface area contributed by atoms with Crippen LogP contribution in [0.15, 0.2) is 170 Å². The van der Waals surface area contributed by atoms with Gasteiger partial charge in [0.25, 0.3) is 0 Å². The van der Waals surface area contributed by atoms with Gasteiger partial charge in [-0.25, -0.2) is 0 Å². The van der Waals surface area contributed by atoms with Crippen molar-refractivity contribution in [3.63, 3.8) is 0 Å². The maximum Gasteiger partial charge on any atom is 0.489 e. The summed E-state index contributed by atoms with van der Waals surface area (Å²) in [6.45, 7) is 0. The topological polar surface area (TPSA) is 43.7 Å². The third-order valence-corrected chi connectivity index (χ3v) is 8.13. The normalized spacial score (nSPS) is 11.0. The first-order chi connectivity index (χ1) is 21.7. The summed E-state index contributed by atoms with van der Waals surface area (Å²) in [6.07, 6.45) is 0. The van der Waals surface area contributed by atoms with Crippen molar-refractivity contribution in [2.45, 2.75) is 0 Å². The lowest BCUT2D eigenvalue weighted by Crippen LogP contribution is -2.30. The maximum absolute atomic E-state index is 10.1. The molecule has 3 nitrogen and oxygen atoms in total. The number of benzene rings is 7. The van der Waals surface area contributed by atoms with Crippen molar-refractivity contribution >= 4 is 40.4 Å². The van der Waals surface area contributed by atoms with Crippen LogP contribution in [0.3, 0.4) is 0 Å². The molecule has 210 valence electrons. The maximum atomic E-state index is 10.1. The largest absolute Gasteiger partial charge is 0.489 e. The van der Waals surface area contributed by atoms with Gasteiger partial charge in [0.1, 0.15) is 0 Å². The number of nitrogens with zero attached hydrogens (tertiary/aromatic N) is 1. The Labute approximate surface area is 258 Å². The SMILES string of the molecule is OB(O)c1cccc2c(N(c3ccc(-c4ccccc4)cc3)c3ccc(-c4ccccc4-c4ccccc4)cc3)cccc12. The van der Waals surface area contributed by atoms with Gasteiger partial charge in [-0.3, -0.25) is 0 Å². The molecule has 0 bridgehead atoms. The molecular formula is C40H30BNO2. The Bertz CT molecular complexity index is 2020. The van der Waals surface area contributed by atoms with E-state index in [1.54, 1.807) is 6.07 Å². The summed E-state index contributed by atoms with van der Waals surface area (Å²) >= 11 is 0. The van der Waals surface area contributed by atoms with Gasteiger partial charge in [0, 0.05) is 16.8 Å². The van der Waals surface area contributed by atoms with Gasteiger partial charge >= 0.3 is 7.12 Å². The molecule has 0 fully saturated rings. The van der Waals surface area contributed by atoms with Crippen molar-refractivity contribution in [3.8, 4) is 33.4 Å². The van der Waals surface area contributed by atoms with Gasteiger partial charge < -0.3 is 14.9 Å². The van der Waals surface area contributed by atoms with Gasteiger partial charge in [-0.1, -0.05) is 140 Å². The molecule has 0 radical (unpaired) electrons. The minimum Gasteiger partial charge on any atom is -0.423 e. The second kappa shape index (κ2) is 12.1. The van der Waals surface area contributed by atoms with E-state index < -0.39 is 7.12 Å². The van der Waals surface area contributed by atoms with E-state index in [0.717, 1.165) is 39.0 Å². The molecule has 7 aromatic rings. The van der Waals surface area contributed by atoms with Crippen LogP contribution in [0.25, 0.3) is 44.2 Å². The van der Waals surface area contributed by atoms with Gasteiger partial charge in [-0.05, 0) is 74.6 Å². The molecule has 0 amide bonds. The highest BCUT2D eigenvalue weighted by molar-refractivity contribution is 6.62. The van der Waals surface area contributed by atoms with Crippen molar-refractivity contribution in [2.24, 2.45) is 0 Å². The van der Waals surface area contributed by atoms with Crippen LogP contribution in [-0.4, -0.2) is 17.2 Å². The van der Waals surface area contributed by atoms with Crippen molar-refractivity contribution in [1.82, 2.24) is 0 Å². The van der Waals surface area contributed by atoms with Gasteiger partial charge in [0.15, 0.2) is 0 Å². The lowest BCUT2D eigenvalue weighted by Gasteiger charge is -2.27. The zero-order valence-corrected chi connectivity index (χ0v) is 24.1. The molecule has 0 atom stereocenters. The molecule has 0 aromatic heterocycles. The highest BCUT2D eigenvalue weighted by atomic mass is 16.4. The molecule has 0 aliphatic carbocycles. The minimum atomic E-state index is -1.56. The number of rotatable bonds is 7. The highest BCUT2D eigenvalue weighted by Crippen LogP contribution is 2.40. The summed E-state index contributed by atoms with van der Waals surface area (Å²) < 4.78 is 0. The van der Waals surface area contributed by atoms with Crippen molar-refractivity contribution < 1.29 is 10.0 Å². The first-order valence-corrected chi connectivity index (χ1v) is 14.8. The molecule has 4 heteroatoms. The van der Waals surface area contributed by atoms with Crippen molar-refractivity contribution in [1.29, 1.82) is 0 Å². The summed E-state index contributed by atoms with van der Waals surface area (Å²) in [5, 5.41) is 22.0. The second-order valence-corrected chi connectivity index (χ2v) is 10.8. The number of hydrogen-bond donors (Lipinski definition) is 2. The van der Waals surface area contributed by atoms with Crippen LogP contribution in [-0.2, 0) is 0 Å². The lowest BCUT2D eigenvalue weighted by molar-refractivity contribution is 0.426. The summed E-state index contributed by atoms with van der Waals surface area (Å²) in [5.74, 6) is 0. The predicted octanol–water partition coefficient (Wildman–Crippen LogP) is 8.99. The molecule has 2 N–H and O–H groups in total. The zero-order valence-electron chi connectivity index (χ0n) is 24.1. The molecule has 0 heterocycles. The molecule has 0 unspecified atom stereocenters. The number of fused-ring (bicyclic) bond motifs is 1. The molecule has 44 heavy (non-hydrogen) atoms. The molecule has 7 rings (SSSR count). The van der Waals surface area contributed by atoms with Gasteiger partial charge in [0.2, 0.25) is 0 Å². The van der Waals surface area contributed by atoms with Gasteiger partial charge in [-0.15, -0.1) is 0 Å². The standard InChI is InChI=1S/C40H30BNO2/c43-41(44)39-19-9-18-38-37(39)17-10-20-40(38)42(33-25-21-30(22-26-33)29-11-3-1-4-12-29)34-27-23-32(24-28-34)36-16-8-7-15-35(36)31-13-5-2-6-14-31/h1-28,43-44H. The lowest BCUT2D eigenvalue weighted by atomic mass is 9.77. The summed E-state index contributed by atoms with van der Waals surface area (Å²) in [6, 6.07) is 58.3. The Kier molecular flexibility index (Phi) is 7.52. The third-order valence-electron chi connectivity index (χ3n) is 8.13. The van der Waals surface area contributed by atoms with E-state index in [4.69, 9.17) is 0 Å². The van der Waals surface area contributed by atoms with E-state index >= 15 is 0 Å². The highest BCUT2D eigenvalue weighted by Gasteiger charge is 2.20. The Morgan fingerprint density at radius 3 is 1.41 bits per heavy atom. The minimum absolute atomic E-state index is 0.483. The Balaban J connectivity index is 1.36. The summed E-state index contributed by atoms with van der Waals surface area (Å²) in [7, 11) is -1.56. The first-order valence-electron chi connectivity index (χ1n) is 14.8. The van der Waals surface area contributed by atoms with Crippen LogP contribution in [0, 0.1) is 0 Å². The van der Waals surface area contributed by atoms with E-state index in [1.165, 1.54) is 22.3 Å². The zero-order chi connectivity index (χ0) is 29.9. The quantitative estimate of drug-likeness (QED) is 0.189. The Morgan fingerprint density at radius 2 is 0.818 bits per heavy atom. The third kappa shape index (κ3) is 5.29. The van der Waals surface area contributed by atoms with E-state index in [-0.39, 0.29) is 0 Å². The molecule has 7 aromatic carbocycles. The summed E-state index contributed by atoms with van der Waals surface area (Å²) in [4.78, 5) is 2.23. The van der Waals surface area contributed by atoms with Crippen LogP contribution in [0.2, 0.25) is 0 Å². The smallest absolute Gasteiger partial charge is 0.423 e. The molecule has 0 aliphatic heterocycles. The van der Waals surface area contributed by atoms with Crippen LogP contribution in [0.1, 0.15) is 0 Å². The number of hydrogen-bond acceptors (Lipinski definition) is 3. The average molecular weight is 567 g/mol. The fraction of sp³-hybridized carbons (Fsp3) is 0. The number of anilines is 3. The molecule has 0 spiro atoms. The van der Waals surface area contributed by atoms with E-state index in [1.807, 2.05) is 36.4 Å². The average Bonchev–Trinajstić information content (AvgIpc) is 3.09. The van der Waals surface area contributed by atoms with Crippen LogP contribution < -0.4 is 10.4 Å². The van der Waals surface area contributed by atoms with Gasteiger partial charge in [-0.2, -0.15) is 0 Å². The van der Waals surface area contributed by atoms with Crippen molar-refractivity contribution in [3.05, 3.63) is 170 Å². The van der Waals surface area contributed by atoms with Crippen LogP contribution >= 0.6 is 0 Å². The predicted molar refractivity (Wildman–Crippen MR) is 185 cm³/mol. The first kappa shape index (κ1) is 27.4. The molecular weight excluding hydrogens is 537 g/mol. The molecule has 0 saturated heterocycles. The van der Waals surface area contributed by atoms with E-state index in [0.29, 0.717) is 5.46 Å². The van der Waals surface area contributed by atoms with Crippen molar-refractivity contribution in [2.75, 3.05) is 4.90 Å². The second-order valence-electron chi connectivity index (χ2n) is 10.8. The van der Waals surface area contributed by atoms with Gasteiger partial charge in [0.05, 0.1) is 5.69 Å². The fourth-order valence-electron chi connectivity index (χ4n) is 5.99. The Hall–Kier alpha value is -5.42. The fourth-order valence-corrected chi connectivity index (χ4v) is 5.99. The van der Waals surface area contributed by atoms with E-state index in [2.05, 4.69) is 132 Å². The summed E-state index contributed by atoms with van der Waals surface area (Å²) in [5.41, 5.74) is 10.4. The monoisotopic (exact) mass is 567 g/mol. The van der Waals surface area contributed by atoms with E-state index in [9.17, 15) is 10.0 Å². The molecule has 0 aliphatic rings. The van der Waals surface area contributed by atoms with Crippen LogP contribution in [0.4, 0.5) is 17.1 Å². The Morgan fingerprint density at radius 1 is 0.364 bits per heavy atom.